The molecule has 106 valence electrons. The van der Waals surface area contributed by atoms with Crippen LogP contribution in [0.2, 0.25) is 0 Å². The van der Waals surface area contributed by atoms with Crippen LogP contribution >= 0.6 is 0 Å². The van der Waals surface area contributed by atoms with Crippen molar-refractivity contribution in [1.82, 2.24) is 10.5 Å². The van der Waals surface area contributed by atoms with E-state index in [-0.39, 0.29) is 17.0 Å². The standard InChI is InChI=1S/C10H11F3N2O4/c1-4-6(5(2)19-15-4)7(16)14-9(3,8(17)18)10(11,12)13/h1-3H3,(H,14,16)(H,17,18). The largest absolute Gasteiger partial charge is 0.479 e. The van der Waals surface area contributed by atoms with Crippen LogP contribution in [0.3, 0.4) is 0 Å². The molecule has 1 atom stereocenters. The average molecular weight is 280 g/mol. The highest BCUT2D eigenvalue weighted by atomic mass is 19.4. The second-order valence-corrected chi connectivity index (χ2v) is 4.08. The fourth-order valence-electron chi connectivity index (χ4n) is 1.34. The van der Waals surface area contributed by atoms with Gasteiger partial charge >= 0.3 is 12.1 Å². The zero-order valence-corrected chi connectivity index (χ0v) is 10.3. The topological polar surface area (TPSA) is 92.4 Å². The quantitative estimate of drug-likeness (QED) is 0.873. The Balaban J connectivity index is 3.13. The van der Waals surface area contributed by atoms with E-state index in [0.717, 1.165) is 0 Å². The molecular weight excluding hydrogens is 269 g/mol. The number of hydrogen-bond donors (Lipinski definition) is 2. The SMILES string of the molecule is Cc1noc(C)c1C(=O)NC(C)(C(=O)O)C(F)(F)F. The van der Waals surface area contributed by atoms with Gasteiger partial charge in [-0.05, 0) is 20.8 Å². The number of amides is 1. The Labute approximate surface area is 105 Å². The van der Waals surface area contributed by atoms with Gasteiger partial charge in [0.1, 0.15) is 11.3 Å². The number of carbonyl (C=O) groups is 2. The number of carboxylic acid groups (broad SMARTS) is 1. The van der Waals surface area contributed by atoms with Crippen molar-refractivity contribution in [1.29, 1.82) is 0 Å². The summed E-state index contributed by atoms with van der Waals surface area (Å²) in [6.07, 6.45) is -5.15. The minimum absolute atomic E-state index is 0.00455. The Bertz CT molecular complexity index is 504. The molecular formula is C10H11F3N2O4. The first-order valence-electron chi connectivity index (χ1n) is 5.06. The van der Waals surface area contributed by atoms with Crippen molar-refractivity contribution < 1.29 is 32.4 Å². The minimum Gasteiger partial charge on any atom is -0.479 e. The fraction of sp³-hybridized carbons (Fsp3) is 0.500. The summed E-state index contributed by atoms with van der Waals surface area (Å²) in [7, 11) is 0. The monoisotopic (exact) mass is 280 g/mol. The molecule has 0 fully saturated rings. The third kappa shape index (κ3) is 2.54. The normalized spacial score (nSPS) is 14.8. The van der Waals surface area contributed by atoms with Gasteiger partial charge in [-0.25, -0.2) is 4.79 Å². The van der Waals surface area contributed by atoms with Crippen LogP contribution in [0.4, 0.5) is 13.2 Å². The molecule has 0 aromatic carbocycles. The Morgan fingerprint density at radius 3 is 2.16 bits per heavy atom. The average Bonchev–Trinajstić information content (AvgIpc) is 2.56. The van der Waals surface area contributed by atoms with Crippen molar-refractivity contribution in [3.63, 3.8) is 0 Å². The molecule has 1 aromatic rings. The number of halogens is 3. The van der Waals surface area contributed by atoms with Crippen LogP contribution in [0, 0.1) is 13.8 Å². The lowest BCUT2D eigenvalue weighted by molar-refractivity contribution is -0.203. The van der Waals surface area contributed by atoms with Crippen molar-refractivity contribution in [2.75, 3.05) is 0 Å². The number of aliphatic carboxylic acids is 1. The van der Waals surface area contributed by atoms with E-state index in [0.29, 0.717) is 6.92 Å². The second kappa shape index (κ2) is 4.56. The van der Waals surface area contributed by atoms with Crippen molar-refractivity contribution in [2.45, 2.75) is 32.5 Å². The highest BCUT2D eigenvalue weighted by Crippen LogP contribution is 2.31. The molecule has 1 amide bonds. The lowest BCUT2D eigenvalue weighted by atomic mass is 10.0. The van der Waals surface area contributed by atoms with Gasteiger partial charge < -0.3 is 14.9 Å². The molecule has 9 heteroatoms. The lowest BCUT2D eigenvalue weighted by Crippen LogP contribution is -2.62. The van der Waals surface area contributed by atoms with E-state index in [4.69, 9.17) is 5.11 Å². The van der Waals surface area contributed by atoms with Crippen LogP contribution in [0.25, 0.3) is 0 Å². The zero-order valence-electron chi connectivity index (χ0n) is 10.3. The summed E-state index contributed by atoms with van der Waals surface area (Å²) >= 11 is 0. The number of nitrogens with zero attached hydrogens (tertiary/aromatic N) is 1. The third-order valence-corrected chi connectivity index (χ3v) is 2.62. The van der Waals surface area contributed by atoms with Crippen molar-refractivity contribution in [2.24, 2.45) is 0 Å². The molecule has 1 heterocycles. The number of nitrogens with one attached hydrogen (secondary N) is 1. The summed E-state index contributed by atoms with van der Waals surface area (Å²) in [6, 6.07) is 0. The molecule has 0 radical (unpaired) electrons. The highest BCUT2D eigenvalue weighted by molar-refractivity contribution is 5.99. The van der Waals surface area contributed by atoms with E-state index in [2.05, 4.69) is 9.68 Å². The van der Waals surface area contributed by atoms with Crippen molar-refractivity contribution in [3.8, 4) is 0 Å². The minimum atomic E-state index is -5.15. The summed E-state index contributed by atoms with van der Waals surface area (Å²) in [4.78, 5) is 22.5. The molecule has 0 aliphatic rings. The lowest BCUT2D eigenvalue weighted by Gasteiger charge is -2.28. The highest BCUT2D eigenvalue weighted by Gasteiger charge is 2.58. The van der Waals surface area contributed by atoms with Gasteiger partial charge in [0, 0.05) is 0 Å². The van der Waals surface area contributed by atoms with E-state index in [1.54, 1.807) is 0 Å². The van der Waals surface area contributed by atoms with Crippen LogP contribution in [-0.2, 0) is 4.79 Å². The summed E-state index contributed by atoms with van der Waals surface area (Å²) in [6.45, 7) is 3.06. The first kappa shape index (κ1) is 15.0. The molecule has 0 saturated heterocycles. The van der Waals surface area contributed by atoms with Crippen LogP contribution in [0.15, 0.2) is 4.52 Å². The van der Waals surface area contributed by atoms with E-state index >= 15 is 0 Å². The molecule has 0 aliphatic carbocycles. The summed E-state index contributed by atoms with van der Waals surface area (Å²) < 4.78 is 42.8. The fourth-order valence-corrected chi connectivity index (χ4v) is 1.34. The van der Waals surface area contributed by atoms with E-state index in [1.807, 2.05) is 0 Å². The summed E-state index contributed by atoms with van der Waals surface area (Å²) in [5.74, 6) is -3.41. The Morgan fingerprint density at radius 1 is 1.32 bits per heavy atom. The van der Waals surface area contributed by atoms with Gasteiger partial charge in [0.15, 0.2) is 0 Å². The Kier molecular flexibility index (Phi) is 3.60. The maximum absolute atomic E-state index is 12.7. The predicted molar refractivity (Wildman–Crippen MR) is 55.5 cm³/mol. The zero-order chi connectivity index (χ0) is 15.0. The smallest absolute Gasteiger partial charge is 0.422 e. The van der Waals surface area contributed by atoms with Gasteiger partial charge in [-0.3, -0.25) is 4.79 Å². The van der Waals surface area contributed by atoms with E-state index < -0.39 is 23.6 Å². The maximum atomic E-state index is 12.7. The molecule has 0 saturated carbocycles. The molecule has 19 heavy (non-hydrogen) atoms. The number of carbonyl (C=O) groups excluding carboxylic acids is 1. The number of aryl methyl sites for hydroxylation is 2. The third-order valence-electron chi connectivity index (χ3n) is 2.62. The van der Waals surface area contributed by atoms with Crippen molar-refractivity contribution in [3.05, 3.63) is 17.0 Å². The van der Waals surface area contributed by atoms with E-state index in [1.165, 1.54) is 19.2 Å². The molecule has 1 rings (SSSR count). The Morgan fingerprint density at radius 2 is 1.84 bits per heavy atom. The van der Waals surface area contributed by atoms with Gasteiger partial charge in [-0.1, -0.05) is 5.16 Å². The molecule has 2 N–H and O–H groups in total. The van der Waals surface area contributed by atoms with E-state index in [9.17, 15) is 22.8 Å². The summed E-state index contributed by atoms with van der Waals surface area (Å²) in [5.41, 5.74) is -3.53. The molecule has 0 aliphatic heterocycles. The van der Waals surface area contributed by atoms with Gasteiger partial charge in [-0.2, -0.15) is 13.2 Å². The second-order valence-electron chi connectivity index (χ2n) is 4.08. The van der Waals surface area contributed by atoms with Gasteiger partial charge in [0.25, 0.3) is 5.91 Å². The first-order chi connectivity index (χ1) is 8.50. The summed E-state index contributed by atoms with van der Waals surface area (Å²) in [5, 5.41) is 13.5. The van der Waals surface area contributed by atoms with Crippen LogP contribution < -0.4 is 5.32 Å². The van der Waals surface area contributed by atoms with Crippen LogP contribution in [-0.4, -0.2) is 33.9 Å². The molecule has 0 bridgehead atoms. The number of rotatable bonds is 3. The van der Waals surface area contributed by atoms with Crippen LogP contribution in [0.1, 0.15) is 28.7 Å². The number of alkyl halides is 3. The first-order valence-corrected chi connectivity index (χ1v) is 5.06. The molecule has 1 aromatic heterocycles. The van der Waals surface area contributed by atoms with Crippen molar-refractivity contribution >= 4 is 11.9 Å². The van der Waals surface area contributed by atoms with Gasteiger partial charge in [0.05, 0.1) is 5.69 Å². The molecule has 6 nitrogen and oxygen atoms in total. The molecule has 0 spiro atoms. The number of carboxylic acids is 1. The van der Waals surface area contributed by atoms with Crippen LogP contribution in [0.5, 0.6) is 0 Å². The Hall–Kier alpha value is -2.06. The number of aromatic nitrogens is 1. The van der Waals surface area contributed by atoms with Gasteiger partial charge in [-0.15, -0.1) is 0 Å². The number of hydrogen-bond acceptors (Lipinski definition) is 4. The molecule has 1 unspecified atom stereocenters. The van der Waals surface area contributed by atoms with Gasteiger partial charge in [0.2, 0.25) is 5.54 Å². The maximum Gasteiger partial charge on any atom is 0.422 e. The predicted octanol–water partition coefficient (Wildman–Crippen LogP) is 1.43.